The maximum Gasteiger partial charge on any atom is 0.326 e. The number of hydrogen-bond acceptors (Lipinski definition) is 2. The molecule has 0 spiro atoms. The minimum Gasteiger partial charge on any atom is -0.480 e. The maximum atomic E-state index is 12.8. The lowest BCUT2D eigenvalue weighted by atomic mass is 9.78. The van der Waals surface area contributed by atoms with Gasteiger partial charge >= 0.3 is 5.97 Å². The Bertz CT molecular complexity index is 1030. The van der Waals surface area contributed by atoms with E-state index in [4.69, 9.17) is 11.6 Å². The topological polar surface area (TPSA) is 73.4 Å². The largest absolute Gasteiger partial charge is 0.480 e. The zero-order valence-corrected chi connectivity index (χ0v) is 15.5. The number of benzene rings is 2. The van der Waals surface area contributed by atoms with Crippen molar-refractivity contribution >= 4 is 34.4 Å². The van der Waals surface area contributed by atoms with E-state index in [1.807, 2.05) is 61.5 Å². The standard InChI is InChI=1S/C21H19ClN2O3/c1-21(13-7-3-2-4-8-13)19-15(14-9-5-6-10-16(14)23-19)11-17(20(26)27)24(21)18(25)12-22/h2-10,17,23H,11-12H2,1H3,(H,26,27)/t17-,21?/m0/s1. The van der Waals surface area contributed by atoms with Crippen LogP contribution in [-0.2, 0) is 21.5 Å². The predicted octanol–water partition coefficient (Wildman–Crippen LogP) is 3.51. The molecule has 1 amide bonds. The Morgan fingerprint density at radius 3 is 2.52 bits per heavy atom. The number of hydrogen-bond donors (Lipinski definition) is 2. The van der Waals surface area contributed by atoms with E-state index in [2.05, 4.69) is 4.98 Å². The molecule has 0 saturated carbocycles. The quantitative estimate of drug-likeness (QED) is 0.681. The highest BCUT2D eigenvalue weighted by atomic mass is 35.5. The Labute approximate surface area is 161 Å². The molecule has 1 aliphatic rings. The Balaban J connectivity index is 2.07. The Morgan fingerprint density at radius 1 is 1.19 bits per heavy atom. The molecule has 1 unspecified atom stereocenters. The van der Waals surface area contributed by atoms with E-state index in [-0.39, 0.29) is 12.3 Å². The molecule has 0 radical (unpaired) electrons. The molecule has 1 aromatic heterocycles. The van der Waals surface area contributed by atoms with E-state index < -0.39 is 23.5 Å². The monoisotopic (exact) mass is 382 g/mol. The molecule has 0 bridgehead atoms. The second kappa shape index (κ2) is 6.43. The second-order valence-corrected chi connectivity index (χ2v) is 7.19. The Kier molecular flexibility index (Phi) is 4.19. The van der Waals surface area contributed by atoms with Crippen molar-refractivity contribution in [3.63, 3.8) is 0 Å². The summed E-state index contributed by atoms with van der Waals surface area (Å²) in [6.07, 6.45) is 0.236. The van der Waals surface area contributed by atoms with E-state index in [9.17, 15) is 14.7 Å². The number of para-hydroxylation sites is 1. The smallest absolute Gasteiger partial charge is 0.326 e. The molecule has 0 aliphatic carbocycles. The number of alkyl halides is 1. The maximum absolute atomic E-state index is 12.8. The van der Waals surface area contributed by atoms with Crippen molar-refractivity contribution < 1.29 is 14.7 Å². The van der Waals surface area contributed by atoms with Crippen LogP contribution in [0.25, 0.3) is 10.9 Å². The van der Waals surface area contributed by atoms with Crippen molar-refractivity contribution in [2.75, 3.05) is 5.88 Å². The fourth-order valence-corrected chi connectivity index (χ4v) is 4.40. The highest BCUT2D eigenvalue weighted by Gasteiger charge is 2.50. The highest BCUT2D eigenvalue weighted by molar-refractivity contribution is 6.27. The van der Waals surface area contributed by atoms with Crippen molar-refractivity contribution in [1.29, 1.82) is 0 Å². The number of halogens is 1. The Morgan fingerprint density at radius 2 is 1.85 bits per heavy atom. The third-order valence-corrected chi connectivity index (χ3v) is 5.72. The average molecular weight is 383 g/mol. The van der Waals surface area contributed by atoms with Gasteiger partial charge in [0.15, 0.2) is 0 Å². The molecule has 2 heterocycles. The summed E-state index contributed by atoms with van der Waals surface area (Å²) < 4.78 is 0. The molecule has 0 saturated heterocycles. The molecule has 6 heteroatoms. The van der Waals surface area contributed by atoms with Gasteiger partial charge in [0.1, 0.15) is 17.5 Å². The molecule has 5 nitrogen and oxygen atoms in total. The van der Waals surface area contributed by atoms with Gasteiger partial charge in [-0.25, -0.2) is 4.79 Å². The van der Waals surface area contributed by atoms with Crippen molar-refractivity contribution in [3.05, 3.63) is 71.4 Å². The van der Waals surface area contributed by atoms with Crippen LogP contribution in [0.4, 0.5) is 0 Å². The van der Waals surface area contributed by atoms with Crippen molar-refractivity contribution in [3.8, 4) is 0 Å². The molecule has 2 N–H and O–H groups in total. The predicted molar refractivity (Wildman–Crippen MR) is 104 cm³/mol. The zero-order chi connectivity index (χ0) is 19.2. The molecule has 27 heavy (non-hydrogen) atoms. The number of fused-ring (bicyclic) bond motifs is 3. The fraction of sp³-hybridized carbons (Fsp3) is 0.238. The third-order valence-electron chi connectivity index (χ3n) is 5.50. The number of nitrogens with zero attached hydrogens (tertiary/aromatic N) is 1. The first-order chi connectivity index (χ1) is 13.0. The molecule has 138 valence electrons. The van der Waals surface area contributed by atoms with E-state index in [0.29, 0.717) is 0 Å². The molecule has 0 fully saturated rings. The number of H-pyrrole nitrogens is 1. The van der Waals surface area contributed by atoms with Crippen LogP contribution < -0.4 is 0 Å². The minimum absolute atomic E-state index is 0.236. The summed E-state index contributed by atoms with van der Waals surface area (Å²) in [5.74, 6) is -1.71. The number of aromatic amines is 1. The lowest BCUT2D eigenvalue weighted by Gasteiger charge is -2.48. The summed E-state index contributed by atoms with van der Waals surface area (Å²) in [7, 11) is 0. The molecular formula is C21H19ClN2O3. The molecule has 2 atom stereocenters. The van der Waals surface area contributed by atoms with Gasteiger partial charge in [-0.2, -0.15) is 0 Å². The van der Waals surface area contributed by atoms with Gasteiger partial charge in [0.05, 0.1) is 0 Å². The summed E-state index contributed by atoms with van der Waals surface area (Å²) in [5, 5.41) is 10.9. The summed E-state index contributed by atoms with van der Waals surface area (Å²) in [5.41, 5.74) is 2.56. The van der Waals surface area contributed by atoms with Crippen LogP contribution in [0.1, 0.15) is 23.7 Å². The number of aromatic nitrogens is 1. The van der Waals surface area contributed by atoms with Crippen LogP contribution >= 0.6 is 11.6 Å². The average Bonchev–Trinajstić information content (AvgIpc) is 3.07. The van der Waals surface area contributed by atoms with E-state index in [0.717, 1.165) is 27.7 Å². The number of carboxylic acid groups (broad SMARTS) is 1. The van der Waals surface area contributed by atoms with Gasteiger partial charge in [0.25, 0.3) is 0 Å². The Hall–Kier alpha value is -2.79. The first kappa shape index (κ1) is 17.6. The minimum atomic E-state index is -1.04. The highest BCUT2D eigenvalue weighted by Crippen LogP contribution is 2.45. The van der Waals surface area contributed by atoms with Crippen LogP contribution in [0.3, 0.4) is 0 Å². The van der Waals surface area contributed by atoms with E-state index in [1.165, 1.54) is 4.90 Å². The molecular weight excluding hydrogens is 364 g/mol. The normalized spacial score (nSPS) is 21.9. The number of amides is 1. The number of carbonyl (C=O) groups excluding carboxylic acids is 1. The molecule has 1 aliphatic heterocycles. The summed E-state index contributed by atoms with van der Waals surface area (Å²) >= 11 is 5.88. The first-order valence-electron chi connectivity index (χ1n) is 8.75. The lowest BCUT2D eigenvalue weighted by molar-refractivity contribution is -0.155. The van der Waals surface area contributed by atoms with Gasteiger partial charge in [-0.15, -0.1) is 11.6 Å². The number of carboxylic acids is 1. The fourth-order valence-electron chi connectivity index (χ4n) is 4.28. The van der Waals surface area contributed by atoms with E-state index >= 15 is 0 Å². The van der Waals surface area contributed by atoms with Gasteiger partial charge in [0, 0.05) is 23.0 Å². The summed E-state index contributed by atoms with van der Waals surface area (Å²) in [4.78, 5) is 29.8. The van der Waals surface area contributed by atoms with Crippen LogP contribution in [0.15, 0.2) is 54.6 Å². The van der Waals surface area contributed by atoms with Crippen molar-refractivity contribution in [2.45, 2.75) is 24.9 Å². The summed E-state index contributed by atoms with van der Waals surface area (Å²) in [6, 6.07) is 16.3. The van der Waals surface area contributed by atoms with Crippen LogP contribution in [-0.4, -0.2) is 38.8 Å². The third kappa shape index (κ3) is 2.53. The number of aliphatic carboxylic acids is 1. The molecule has 2 aromatic carbocycles. The zero-order valence-electron chi connectivity index (χ0n) is 14.8. The number of carbonyl (C=O) groups is 2. The van der Waals surface area contributed by atoms with Crippen LogP contribution in [0.5, 0.6) is 0 Å². The second-order valence-electron chi connectivity index (χ2n) is 6.92. The van der Waals surface area contributed by atoms with Gasteiger partial charge in [0.2, 0.25) is 5.91 Å². The molecule has 3 aromatic rings. The van der Waals surface area contributed by atoms with Crippen molar-refractivity contribution in [1.82, 2.24) is 9.88 Å². The lowest BCUT2D eigenvalue weighted by Crippen LogP contribution is -2.60. The van der Waals surface area contributed by atoms with Gasteiger partial charge < -0.3 is 15.0 Å². The SMILES string of the molecule is CC1(c2ccccc2)c2[nH]c3ccccc3c2C[C@@H](C(=O)O)N1C(=O)CCl. The first-order valence-corrected chi connectivity index (χ1v) is 9.28. The van der Waals surface area contributed by atoms with Gasteiger partial charge in [-0.3, -0.25) is 4.79 Å². The van der Waals surface area contributed by atoms with Crippen LogP contribution in [0.2, 0.25) is 0 Å². The molecule has 4 rings (SSSR count). The van der Waals surface area contributed by atoms with Crippen LogP contribution in [0, 0.1) is 0 Å². The van der Waals surface area contributed by atoms with Gasteiger partial charge in [-0.1, -0.05) is 48.5 Å². The van der Waals surface area contributed by atoms with Crippen molar-refractivity contribution in [2.24, 2.45) is 0 Å². The summed E-state index contributed by atoms with van der Waals surface area (Å²) in [6.45, 7) is 1.89. The van der Waals surface area contributed by atoms with E-state index in [1.54, 1.807) is 0 Å². The number of nitrogens with one attached hydrogen (secondary N) is 1. The van der Waals surface area contributed by atoms with Gasteiger partial charge in [-0.05, 0) is 24.1 Å². The number of rotatable bonds is 3.